The summed E-state index contributed by atoms with van der Waals surface area (Å²) in [4.78, 5) is 16.9. The fourth-order valence-electron chi connectivity index (χ4n) is 2.43. The minimum Gasteiger partial charge on any atom is -0.323 e. The molecule has 1 aromatic rings. The van der Waals surface area contributed by atoms with Crippen LogP contribution in [0.2, 0.25) is 5.02 Å². The van der Waals surface area contributed by atoms with Crippen molar-refractivity contribution in [3.05, 3.63) is 29.3 Å². The number of para-hydroxylation sites is 1. The fourth-order valence-corrected chi connectivity index (χ4v) is 2.62. The van der Waals surface area contributed by atoms with Crippen LogP contribution in [-0.2, 0) is 4.79 Å². The Bertz CT molecular complexity index is 458. The third-order valence-electron chi connectivity index (χ3n) is 3.91. The van der Waals surface area contributed by atoms with Gasteiger partial charge in [0, 0.05) is 26.2 Å². The highest BCUT2D eigenvalue weighted by Crippen LogP contribution is 2.21. The molecule has 0 saturated carbocycles. The molecule has 0 unspecified atom stereocenters. The van der Waals surface area contributed by atoms with E-state index in [9.17, 15) is 4.79 Å². The van der Waals surface area contributed by atoms with Gasteiger partial charge in [0.25, 0.3) is 0 Å². The zero-order valence-corrected chi connectivity index (χ0v) is 12.9. The second-order valence-corrected chi connectivity index (χ2v) is 5.52. The van der Waals surface area contributed by atoms with E-state index in [-0.39, 0.29) is 11.9 Å². The molecule has 20 heavy (non-hydrogen) atoms. The number of amides is 1. The summed E-state index contributed by atoms with van der Waals surface area (Å²) in [6.07, 6.45) is 0. The molecule has 1 atom stereocenters. The first kappa shape index (κ1) is 15.3. The Morgan fingerprint density at radius 1 is 1.30 bits per heavy atom. The Labute approximate surface area is 125 Å². The summed E-state index contributed by atoms with van der Waals surface area (Å²) in [7, 11) is 0. The molecule has 1 aliphatic rings. The molecular formula is C15H22ClN3O. The van der Waals surface area contributed by atoms with Gasteiger partial charge in [-0.3, -0.25) is 9.69 Å². The summed E-state index contributed by atoms with van der Waals surface area (Å²) in [6, 6.07) is 7.19. The van der Waals surface area contributed by atoms with Crippen LogP contribution in [0.15, 0.2) is 24.3 Å². The van der Waals surface area contributed by atoms with Crippen molar-refractivity contribution in [1.29, 1.82) is 0 Å². The van der Waals surface area contributed by atoms with Gasteiger partial charge in [-0.15, -0.1) is 0 Å². The summed E-state index contributed by atoms with van der Waals surface area (Å²) in [6.45, 7) is 9.13. The number of benzene rings is 1. The van der Waals surface area contributed by atoms with Crippen molar-refractivity contribution in [3.63, 3.8) is 0 Å². The third kappa shape index (κ3) is 3.72. The number of carbonyl (C=O) groups excluding carboxylic acids is 1. The Balaban J connectivity index is 1.91. The summed E-state index contributed by atoms with van der Waals surface area (Å²) in [5.41, 5.74) is 0.679. The lowest BCUT2D eigenvalue weighted by Crippen LogP contribution is -2.52. The molecular weight excluding hydrogens is 274 g/mol. The van der Waals surface area contributed by atoms with Crippen LogP contribution in [0.4, 0.5) is 5.69 Å². The maximum absolute atomic E-state index is 12.3. The number of nitrogens with one attached hydrogen (secondary N) is 1. The van der Waals surface area contributed by atoms with Crippen molar-refractivity contribution in [3.8, 4) is 0 Å². The number of hydrogen-bond acceptors (Lipinski definition) is 3. The van der Waals surface area contributed by atoms with Crippen molar-refractivity contribution in [2.45, 2.75) is 19.9 Å². The number of hydrogen-bond donors (Lipinski definition) is 1. The van der Waals surface area contributed by atoms with Gasteiger partial charge in [0.05, 0.1) is 16.8 Å². The third-order valence-corrected chi connectivity index (χ3v) is 4.24. The predicted octanol–water partition coefficient (Wildman–Crippen LogP) is 2.30. The smallest absolute Gasteiger partial charge is 0.241 e. The minimum atomic E-state index is -0.134. The molecule has 0 spiro atoms. The Hall–Kier alpha value is -1.10. The highest BCUT2D eigenvalue weighted by atomic mass is 35.5. The maximum atomic E-state index is 12.3. The average molecular weight is 296 g/mol. The summed E-state index contributed by atoms with van der Waals surface area (Å²) < 4.78 is 0. The zero-order valence-electron chi connectivity index (χ0n) is 12.1. The standard InChI is InChI=1S/C15H22ClN3O/c1-3-18-8-10-19(11-9-18)12(2)15(20)17-14-7-5-4-6-13(14)16/h4-7,12H,3,8-11H2,1-2H3,(H,17,20)/t12-/m1/s1. The lowest BCUT2D eigenvalue weighted by molar-refractivity contribution is -0.121. The molecule has 0 aromatic heterocycles. The van der Waals surface area contributed by atoms with Crippen molar-refractivity contribution >= 4 is 23.2 Å². The SMILES string of the molecule is CCN1CCN([C@H](C)C(=O)Nc2ccccc2Cl)CC1. The van der Waals surface area contributed by atoms with E-state index in [0.29, 0.717) is 10.7 Å². The zero-order chi connectivity index (χ0) is 14.5. The Morgan fingerprint density at radius 3 is 2.55 bits per heavy atom. The number of carbonyl (C=O) groups is 1. The second kappa shape index (κ2) is 7.07. The number of likely N-dealkylation sites (N-methyl/N-ethyl adjacent to an activating group) is 1. The van der Waals surface area contributed by atoms with Gasteiger partial charge in [0.15, 0.2) is 0 Å². The predicted molar refractivity (Wildman–Crippen MR) is 83.2 cm³/mol. The van der Waals surface area contributed by atoms with Gasteiger partial charge >= 0.3 is 0 Å². The van der Waals surface area contributed by atoms with Crippen LogP contribution in [-0.4, -0.2) is 54.5 Å². The highest BCUT2D eigenvalue weighted by molar-refractivity contribution is 6.33. The van der Waals surface area contributed by atoms with Crippen molar-refractivity contribution in [2.24, 2.45) is 0 Å². The lowest BCUT2D eigenvalue weighted by atomic mass is 10.2. The first-order valence-corrected chi connectivity index (χ1v) is 7.51. The normalized spacial score (nSPS) is 18.8. The van der Waals surface area contributed by atoms with Gasteiger partial charge in [0.1, 0.15) is 0 Å². The molecule has 0 aliphatic carbocycles. The van der Waals surface area contributed by atoms with E-state index in [1.807, 2.05) is 25.1 Å². The van der Waals surface area contributed by atoms with Crippen molar-refractivity contribution < 1.29 is 4.79 Å². The molecule has 0 bridgehead atoms. The molecule has 1 amide bonds. The van der Waals surface area contributed by atoms with Crippen LogP contribution in [0.3, 0.4) is 0 Å². The number of anilines is 1. The molecule has 1 aliphatic heterocycles. The van der Waals surface area contributed by atoms with Gasteiger partial charge < -0.3 is 10.2 Å². The van der Waals surface area contributed by atoms with Gasteiger partial charge in [-0.25, -0.2) is 0 Å². The number of piperazine rings is 1. The van der Waals surface area contributed by atoms with Gasteiger partial charge in [0.2, 0.25) is 5.91 Å². The van der Waals surface area contributed by atoms with Crippen LogP contribution < -0.4 is 5.32 Å². The Morgan fingerprint density at radius 2 is 1.95 bits per heavy atom. The molecule has 0 radical (unpaired) electrons. The van der Waals surface area contributed by atoms with E-state index >= 15 is 0 Å². The topological polar surface area (TPSA) is 35.6 Å². The Kier molecular flexibility index (Phi) is 5.40. The van der Waals surface area contributed by atoms with E-state index in [0.717, 1.165) is 32.7 Å². The number of rotatable bonds is 4. The van der Waals surface area contributed by atoms with Gasteiger partial charge in [-0.1, -0.05) is 30.7 Å². The molecule has 1 aromatic carbocycles. The fraction of sp³-hybridized carbons (Fsp3) is 0.533. The summed E-state index contributed by atoms with van der Waals surface area (Å²) >= 11 is 6.06. The van der Waals surface area contributed by atoms with Crippen molar-refractivity contribution in [1.82, 2.24) is 9.80 Å². The quantitative estimate of drug-likeness (QED) is 0.926. The van der Waals surface area contributed by atoms with E-state index in [2.05, 4.69) is 22.0 Å². The molecule has 2 rings (SSSR count). The van der Waals surface area contributed by atoms with Crippen LogP contribution in [0.5, 0.6) is 0 Å². The van der Waals surface area contributed by atoms with E-state index in [1.54, 1.807) is 6.07 Å². The minimum absolute atomic E-state index is 0.00282. The maximum Gasteiger partial charge on any atom is 0.241 e. The molecule has 110 valence electrons. The van der Waals surface area contributed by atoms with Crippen molar-refractivity contribution in [2.75, 3.05) is 38.0 Å². The van der Waals surface area contributed by atoms with E-state index in [4.69, 9.17) is 11.6 Å². The molecule has 1 fully saturated rings. The van der Waals surface area contributed by atoms with Crippen LogP contribution in [0.25, 0.3) is 0 Å². The van der Waals surface area contributed by atoms with Gasteiger partial charge in [-0.2, -0.15) is 0 Å². The monoisotopic (exact) mass is 295 g/mol. The first-order chi connectivity index (χ1) is 9.61. The number of halogens is 1. The van der Waals surface area contributed by atoms with E-state index in [1.165, 1.54) is 0 Å². The van der Waals surface area contributed by atoms with Crippen LogP contribution in [0.1, 0.15) is 13.8 Å². The van der Waals surface area contributed by atoms with E-state index < -0.39 is 0 Å². The van der Waals surface area contributed by atoms with Crippen LogP contribution >= 0.6 is 11.6 Å². The molecule has 4 nitrogen and oxygen atoms in total. The summed E-state index contributed by atoms with van der Waals surface area (Å²) in [5, 5.41) is 3.48. The molecule has 1 saturated heterocycles. The second-order valence-electron chi connectivity index (χ2n) is 5.12. The van der Waals surface area contributed by atoms with Crippen LogP contribution in [0, 0.1) is 0 Å². The highest BCUT2D eigenvalue weighted by Gasteiger charge is 2.25. The molecule has 5 heteroatoms. The first-order valence-electron chi connectivity index (χ1n) is 7.13. The molecule has 1 heterocycles. The largest absolute Gasteiger partial charge is 0.323 e. The molecule has 1 N–H and O–H groups in total. The van der Waals surface area contributed by atoms with Gasteiger partial charge in [-0.05, 0) is 25.6 Å². The lowest BCUT2D eigenvalue weighted by Gasteiger charge is -2.36. The summed E-state index contributed by atoms with van der Waals surface area (Å²) in [5.74, 6) is 0.00282. The average Bonchev–Trinajstić information content (AvgIpc) is 2.49. The number of nitrogens with zero attached hydrogens (tertiary/aromatic N) is 2.